The monoisotopic (exact) mass is 363 g/mol. The molecule has 25 heavy (non-hydrogen) atoms. The summed E-state index contributed by atoms with van der Waals surface area (Å²) in [6, 6.07) is 12.4. The zero-order valence-electron chi connectivity index (χ0n) is 13.9. The maximum absolute atomic E-state index is 13.1. The molecule has 0 aliphatic carbocycles. The van der Waals surface area contributed by atoms with Gasteiger partial charge in [-0.2, -0.15) is 0 Å². The van der Waals surface area contributed by atoms with Gasteiger partial charge < -0.3 is 9.64 Å². The summed E-state index contributed by atoms with van der Waals surface area (Å²) in [5.41, 5.74) is 1.24. The first-order valence-corrected chi connectivity index (χ1v) is 8.32. The highest BCUT2D eigenvalue weighted by molar-refractivity contribution is 6.30. The van der Waals surface area contributed by atoms with Crippen molar-refractivity contribution in [1.82, 2.24) is 4.90 Å². The summed E-state index contributed by atoms with van der Waals surface area (Å²) in [5, 5.41) is 0.535. The first kappa shape index (κ1) is 18.9. The molecule has 0 aliphatic heterocycles. The van der Waals surface area contributed by atoms with E-state index in [9.17, 15) is 14.0 Å². The minimum absolute atomic E-state index is 0.0916. The van der Waals surface area contributed by atoms with E-state index in [0.717, 1.165) is 5.56 Å². The Labute approximate surface area is 151 Å². The van der Waals surface area contributed by atoms with Gasteiger partial charge in [0.2, 0.25) is 0 Å². The van der Waals surface area contributed by atoms with Gasteiger partial charge in [0, 0.05) is 23.7 Å². The SMILES string of the molecule is CCOC(=O)CCN(Cc1ccc(F)cc1)C(=O)c1ccc(Cl)cc1. The van der Waals surface area contributed by atoms with E-state index in [-0.39, 0.29) is 37.2 Å². The van der Waals surface area contributed by atoms with Crippen molar-refractivity contribution in [2.24, 2.45) is 0 Å². The van der Waals surface area contributed by atoms with Crippen molar-refractivity contribution in [3.05, 3.63) is 70.5 Å². The van der Waals surface area contributed by atoms with Gasteiger partial charge in [0.15, 0.2) is 0 Å². The van der Waals surface area contributed by atoms with Crippen molar-refractivity contribution in [3.63, 3.8) is 0 Å². The van der Waals surface area contributed by atoms with E-state index >= 15 is 0 Å². The third kappa shape index (κ3) is 5.87. The molecule has 0 N–H and O–H groups in total. The van der Waals surface area contributed by atoms with Crippen LogP contribution in [0.2, 0.25) is 5.02 Å². The fourth-order valence-corrected chi connectivity index (χ4v) is 2.42. The van der Waals surface area contributed by atoms with E-state index in [1.165, 1.54) is 17.0 Å². The molecule has 0 fully saturated rings. The van der Waals surface area contributed by atoms with E-state index in [0.29, 0.717) is 17.2 Å². The van der Waals surface area contributed by atoms with Gasteiger partial charge in [-0.05, 0) is 48.9 Å². The van der Waals surface area contributed by atoms with Crippen molar-refractivity contribution in [2.45, 2.75) is 19.9 Å². The number of rotatable bonds is 7. The normalized spacial score (nSPS) is 10.4. The second-order valence-electron chi connectivity index (χ2n) is 5.42. The third-order valence-corrected chi connectivity index (χ3v) is 3.81. The van der Waals surface area contributed by atoms with Crippen molar-refractivity contribution in [3.8, 4) is 0 Å². The molecule has 0 aromatic heterocycles. The topological polar surface area (TPSA) is 46.6 Å². The Balaban J connectivity index is 2.14. The summed E-state index contributed by atoms with van der Waals surface area (Å²) >= 11 is 5.86. The number of nitrogens with zero attached hydrogens (tertiary/aromatic N) is 1. The van der Waals surface area contributed by atoms with Crippen LogP contribution in [0.4, 0.5) is 4.39 Å². The number of halogens is 2. The molecule has 0 bridgehead atoms. The molecule has 0 heterocycles. The van der Waals surface area contributed by atoms with Gasteiger partial charge in [-0.15, -0.1) is 0 Å². The highest BCUT2D eigenvalue weighted by atomic mass is 35.5. The van der Waals surface area contributed by atoms with Crippen LogP contribution < -0.4 is 0 Å². The van der Waals surface area contributed by atoms with Gasteiger partial charge >= 0.3 is 5.97 Å². The first-order chi connectivity index (χ1) is 12.0. The number of amides is 1. The molecule has 132 valence electrons. The summed E-state index contributed by atoms with van der Waals surface area (Å²) in [4.78, 5) is 25.9. The van der Waals surface area contributed by atoms with Crippen molar-refractivity contribution in [1.29, 1.82) is 0 Å². The zero-order valence-corrected chi connectivity index (χ0v) is 14.6. The molecule has 6 heteroatoms. The van der Waals surface area contributed by atoms with Crippen molar-refractivity contribution >= 4 is 23.5 Å². The first-order valence-electron chi connectivity index (χ1n) is 7.94. The second-order valence-corrected chi connectivity index (χ2v) is 5.85. The van der Waals surface area contributed by atoms with Crippen LogP contribution in [0.3, 0.4) is 0 Å². The molecule has 2 aromatic carbocycles. The van der Waals surface area contributed by atoms with E-state index in [1.54, 1.807) is 43.3 Å². The molecule has 0 unspecified atom stereocenters. The number of carbonyl (C=O) groups is 2. The summed E-state index contributed by atoms with van der Waals surface area (Å²) in [6.45, 7) is 2.49. The number of ether oxygens (including phenoxy) is 1. The average Bonchev–Trinajstić information content (AvgIpc) is 2.60. The minimum atomic E-state index is -0.365. The Kier molecular flexibility index (Phi) is 6.95. The second kappa shape index (κ2) is 9.18. The Bertz CT molecular complexity index is 716. The molecule has 2 aromatic rings. The molecule has 0 saturated carbocycles. The minimum Gasteiger partial charge on any atom is -0.466 e. The Hall–Kier alpha value is -2.40. The summed E-state index contributed by atoms with van der Waals surface area (Å²) in [6.07, 6.45) is 0.0916. The van der Waals surface area contributed by atoms with Crippen LogP contribution in [0.1, 0.15) is 29.3 Å². The number of benzene rings is 2. The lowest BCUT2D eigenvalue weighted by atomic mass is 10.1. The summed E-state index contributed by atoms with van der Waals surface area (Å²) < 4.78 is 18.0. The number of esters is 1. The molecular weight excluding hydrogens is 345 g/mol. The molecule has 1 amide bonds. The van der Waals surface area contributed by atoms with Gasteiger partial charge in [0.1, 0.15) is 5.82 Å². The van der Waals surface area contributed by atoms with E-state index < -0.39 is 0 Å². The van der Waals surface area contributed by atoms with Crippen LogP contribution >= 0.6 is 11.6 Å². The number of hydrogen-bond donors (Lipinski definition) is 0. The van der Waals surface area contributed by atoms with Crippen LogP contribution in [-0.4, -0.2) is 29.9 Å². The van der Waals surface area contributed by atoms with Crippen LogP contribution in [0.5, 0.6) is 0 Å². The quantitative estimate of drug-likeness (QED) is 0.696. The fraction of sp³-hybridized carbons (Fsp3) is 0.263. The highest BCUT2D eigenvalue weighted by Gasteiger charge is 2.18. The highest BCUT2D eigenvalue weighted by Crippen LogP contribution is 2.15. The number of carbonyl (C=O) groups excluding carboxylic acids is 2. The van der Waals surface area contributed by atoms with Gasteiger partial charge in [0.25, 0.3) is 5.91 Å². The molecule has 2 rings (SSSR count). The maximum Gasteiger partial charge on any atom is 0.307 e. The summed E-state index contributed by atoms with van der Waals surface area (Å²) in [5.74, 6) is -0.938. The lowest BCUT2D eigenvalue weighted by Gasteiger charge is -2.23. The van der Waals surface area contributed by atoms with Crippen LogP contribution in [-0.2, 0) is 16.1 Å². The Morgan fingerprint density at radius 3 is 2.32 bits per heavy atom. The van der Waals surface area contributed by atoms with E-state index in [2.05, 4.69) is 0 Å². The lowest BCUT2D eigenvalue weighted by Crippen LogP contribution is -2.33. The van der Waals surface area contributed by atoms with Crippen LogP contribution in [0.25, 0.3) is 0 Å². The lowest BCUT2D eigenvalue weighted by molar-refractivity contribution is -0.143. The molecule has 0 atom stereocenters. The number of hydrogen-bond acceptors (Lipinski definition) is 3. The fourth-order valence-electron chi connectivity index (χ4n) is 2.30. The van der Waals surface area contributed by atoms with Crippen LogP contribution in [0, 0.1) is 5.82 Å². The predicted molar refractivity (Wildman–Crippen MR) is 93.8 cm³/mol. The molecular formula is C19H19ClFNO3. The standard InChI is InChI=1S/C19H19ClFNO3/c1-2-25-18(23)11-12-22(13-14-3-9-17(21)10-4-14)19(24)15-5-7-16(20)8-6-15/h3-10H,2,11-13H2,1H3. The van der Waals surface area contributed by atoms with Crippen LogP contribution in [0.15, 0.2) is 48.5 Å². The average molecular weight is 364 g/mol. The molecule has 4 nitrogen and oxygen atoms in total. The molecule has 0 radical (unpaired) electrons. The zero-order chi connectivity index (χ0) is 18.2. The van der Waals surface area contributed by atoms with E-state index in [1.807, 2.05) is 0 Å². The van der Waals surface area contributed by atoms with E-state index in [4.69, 9.17) is 16.3 Å². The molecule has 0 saturated heterocycles. The third-order valence-electron chi connectivity index (χ3n) is 3.56. The van der Waals surface area contributed by atoms with Gasteiger partial charge in [-0.1, -0.05) is 23.7 Å². The smallest absolute Gasteiger partial charge is 0.307 e. The Morgan fingerprint density at radius 2 is 1.72 bits per heavy atom. The summed E-state index contributed by atoms with van der Waals surface area (Å²) in [7, 11) is 0. The Morgan fingerprint density at radius 1 is 1.08 bits per heavy atom. The largest absolute Gasteiger partial charge is 0.466 e. The molecule has 0 spiro atoms. The van der Waals surface area contributed by atoms with Gasteiger partial charge in [-0.3, -0.25) is 9.59 Å². The maximum atomic E-state index is 13.1. The van der Waals surface area contributed by atoms with Crippen molar-refractivity contribution < 1.29 is 18.7 Å². The molecule has 0 aliphatic rings. The predicted octanol–water partition coefficient (Wildman–Crippen LogP) is 4.07. The van der Waals surface area contributed by atoms with Gasteiger partial charge in [-0.25, -0.2) is 4.39 Å². The van der Waals surface area contributed by atoms with Crippen molar-refractivity contribution in [2.75, 3.05) is 13.2 Å². The van der Waals surface area contributed by atoms with Gasteiger partial charge in [0.05, 0.1) is 13.0 Å².